The lowest BCUT2D eigenvalue weighted by Gasteiger charge is -2.39. The summed E-state index contributed by atoms with van der Waals surface area (Å²) >= 11 is 0. The summed E-state index contributed by atoms with van der Waals surface area (Å²) in [7, 11) is 0. The number of allylic oxidation sites excluding steroid dienone is 7. The van der Waals surface area contributed by atoms with E-state index in [0.29, 0.717) is 12.8 Å². The first kappa shape index (κ1) is 52.5. The number of hydrogen-bond acceptors (Lipinski definition) is 10. The molecule has 6 atom stereocenters. The van der Waals surface area contributed by atoms with E-state index >= 15 is 0 Å². The summed E-state index contributed by atoms with van der Waals surface area (Å²) in [6, 6.07) is 0. The van der Waals surface area contributed by atoms with Crippen molar-refractivity contribution in [2.45, 2.75) is 211 Å². The first-order valence-electron chi connectivity index (χ1n) is 22.5. The van der Waals surface area contributed by atoms with Gasteiger partial charge in [0.25, 0.3) is 0 Å². The summed E-state index contributed by atoms with van der Waals surface area (Å²) in [4.78, 5) is 25.3. The molecule has 0 aromatic carbocycles. The fourth-order valence-corrected chi connectivity index (χ4v) is 6.35. The molecule has 0 bridgehead atoms. The smallest absolute Gasteiger partial charge is 0.306 e. The van der Waals surface area contributed by atoms with Gasteiger partial charge in [-0.05, 0) is 89.2 Å². The summed E-state index contributed by atoms with van der Waals surface area (Å²) in [6.07, 6.45) is 34.6. The minimum absolute atomic E-state index is 0.198. The number of aliphatic hydroxyl groups excluding tert-OH is 4. The van der Waals surface area contributed by atoms with Crippen molar-refractivity contribution in [1.82, 2.24) is 0 Å². The van der Waals surface area contributed by atoms with Crippen LogP contribution in [0.25, 0.3) is 0 Å². The van der Waals surface area contributed by atoms with Gasteiger partial charge in [0.2, 0.25) is 0 Å². The molecule has 2 unspecified atom stereocenters. The molecular weight excluding hydrogens is 725 g/mol. The molecule has 1 rings (SSSR count). The summed E-state index contributed by atoms with van der Waals surface area (Å²) in [5.74, 6) is -0.856. The van der Waals surface area contributed by atoms with E-state index in [9.17, 15) is 30.0 Å². The van der Waals surface area contributed by atoms with Crippen LogP contribution in [0, 0.1) is 0 Å². The van der Waals surface area contributed by atoms with Crippen LogP contribution in [0.3, 0.4) is 0 Å². The number of rotatable bonds is 36. The topological polar surface area (TPSA) is 152 Å². The van der Waals surface area contributed by atoms with Gasteiger partial charge in [0.1, 0.15) is 31.0 Å². The second-order valence-corrected chi connectivity index (χ2v) is 15.2. The number of carbonyl (C=O) groups excluding carboxylic acids is 2. The molecule has 0 spiro atoms. The Kier molecular flexibility index (Phi) is 34.7. The van der Waals surface area contributed by atoms with Crippen LogP contribution >= 0.6 is 0 Å². The van der Waals surface area contributed by atoms with Gasteiger partial charge < -0.3 is 39.4 Å². The van der Waals surface area contributed by atoms with Gasteiger partial charge in [-0.1, -0.05) is 121 Å². The zero-order valence-electron chi connectivity index (χ0n) is 35.6. The summed E-state index contributed by atoms with van der Waals surface area (Å²) < 4.78 is 22.1. The number of aliphatic hydroxyl groups is 4. The van der Waals surface area contributed by atoms with E-state index in [4.69, 9.17) is 18.9 Å². The Labute approximate surface area is 345 Å². The molecule has 1 heterocycles. The Bertz CT molecular complexity index is 1130. The van der Waals surface area contributed by atoms with Gasteiger partial charge in [0.15, 0.2) is 12.4 Å². The minimum Gasteiger partial charge on any atom is -0.462 e. The molecule has 1 aliphatic rings. The van der Waals surface area contributed by atoms with Gasteiger partial charge in [-0.3, -0.25) is 9.59 Å². The van der Waals surface area contributed by atoms with Crippen LogP contribution in [-0.2, 0) is 28.5 Å². The quantitative estimate of drug-likeness (QED) is 0.0209. The summed E-state index contributed by atoms with van der Waals surface area (Å²) in [6.45, 7) is 3.33. The highest BCUT2D eigenvalue weighted by atomic mass is 16.7. The molecule has 1 fully saturated rings. The molecule has 0 amide bonds. The first-order valence-corrected chi connectivity index (χ1v) is 22.5. The van der Waals surface area contributed by atoms with Crippen molar-refractivity contribution in [3.8, 4) is 0 Å². The van der Waals surface area contributed by atoms with Crippen molar-refractivity contribution in [2.24, 2.45) is 0 Å². The van der Waals surface area contributed by atoms with E-state index in [-0.39, 0.29) is 26.1 Å². The number of hydrogen-bond donors (Lipinski definition) is 4. The fraction of sp³-hybridized carbons (Fsp3) is 0.766. The molecule has 57 heavy (non-hydrogen) atoms. The molecule has 10 nitrogen and oxygen atoms in total. The molecule has 0 radical (unpaired) electrons. The third-order valence-corrected chi connectivity index (χ3v) is 9.96. The van der Waals surface area contributed by atoms with Crippen LogP contribution in [0.2, 0.25) is 0 Å². The molecular formula is C47H80O10. The zero-order chi connectivity index (χ0) is 41.6. The molecule has 328 valence electrons. The van der Waals surface area contributed by atoms with E-state index in [2.05, 4.69) is 68.2 Å². The second-order valence-electron chi connectivity index (χ2n) is 15.2. The maximum absolute atomic E-state index is 12.8. The van der Waals surface area contributed by atoms with Gasteiger partial charge in [-0.15, -0.1) is 5.73 Å². The lowest BCUT2D eigenvalue weighted by Crippen LogP contribution is -2.59. The fourth-order valence-electron chi connectivity index (χ4n) is 6.35. The van der Waals surface area contributed by atoms with E-state index in [1.807, 2.05) is 0 Å². The zero-order valence-corrected chi connectivity index (χ0v) is 35.6. The Morgan fingerprint density at radius 3 is 1.68 bits per heavy atom. The minimum atomic E-state index is -1.60. The maximum atomic E-state index is 12.8. The normalized spacial score (nSPS) is 20.3. The van der Waals surface area contributed by atoms with Crippen LogP contribution in [0.4, 0.5) is 0 Å². The monoisotopic (exact) mass is 805 g/mol. The van der Waals surface area contributed by atoms with Gasteiger partial charge in [-0.25, -0.2) is 0 Å². The highest BCUT2D eigenvalue weighted by Gasteiger charge is 2.44. The number of unbranched alkanes of at least 4 members (excludes halogenated alkanes) is 17. The third kappa shape index (κ3) is 29.3. The van der Waals surface area contributed by atoms with Crippen LogP contribution in [0.5, 0.6) is 0 Å². The Morgan fingerprint density at radius 2 is 1.09 bits per heavy atom. The van der Waals surface area contributed by atoms with Crippen molar-refractivity contribution in [3.05, 3.63) is 54.3 Å². The molecule has 0 aromatic rings. The van der Waals surface area contributed by atoms with Gasteiger partial charge in [-0.2, -0.15) is 0 Å². The number of ether oxygens (including phenoxy) is 4. The Hall–Kier alpha value is -2.56. The van der Waals surface area contributed by atoms with Gasteiger partial charge in [0, 0.05) is 12.8 Å². The molecule has 0 saturated carbocycles. The first-order chi connectivity index (χ1) is 27.8. The molecule has 1 saturated heterocycles. The van der Waals surface area contributed by atoms with Crippen LogP contribution in [-0.4, -0.2) is 89.0 Å². The lowest BCUT2D eigenvalue weighted by molar-refractivity contribution is -0.305. The predicted octanol–water partition coefficient (Wildman–Crippen LogP) is 9.43. The van der Waals surface area contributed by atoms with E-state index in [1.165, 1.54) is 57.8 Å². The molecule has 4 N–H and O–H groups in total. The van der Waals surface area contributed by atoms with Crippen LogP contribution < -0.4 is 0 Å². The highest BCUT2D eigenvalue weighted by molar-refractivity contribution is 5.70. The third-order valence-electron chi connectivity index (χ3n) is 9.96. The lowest BCUT2D eigenvalue weighted by atomic mass is 9.99. The molecule has 0 aliphatic carbocycles. The second kappa shape index (κ2) is 37.7. The van der Waals surface area contributed by atoms with Crippen LogP contribution in [0.15, 0.2) is 54.3 Å². The van der Waals surface area contributed by atoms with E-state index in [0.717, 1.165) is 77.0 Å². The standard InChI is InChI=1S/C47H80O10/c1-3-5-7-9-11-13-15-17-19-20-22-24-26-28-30-32-34-36-43(50)56-40(39-55-47-46(53)45(52)44(51)41(37-48)57-47)38-54-42(49)35-33-31-29-27-25-23-21-18-16-14-12-10-8-6-4-2/h11,13,16-17,19,21-22,24,40-41,44-48,51-53H,3-10,12,14-15,20,23,25-39H2,1-2H3/b13-11+,19-17+,24-22+/t18?,40-,41-,44+,45?,46?,47-/m1/s1. The van der Waals surface area contributed by atoms with Crippen molar-refractivity contribution in [3.63, 3.8) is 0 Å². The largest absolute Gasteiger partial charge is 0.462 e. The average Bonchev–Trinajstić information content (AvgIpc) is 3.21. The van der Waals surface area contributed by atoms with Crippen molar-refractivity contribution in [2.75, 3.05) is 19.8 Å². The SMILES string of the molecule is CCCCC/C=C/C/C=C/C/C=C/CCCCCCC(=O)O[C@H](COC(=O)CCCCCCCC=C=CCCCCCCC)CO[C@@H]1O[C@H](CO)[C@H](O)C(O)C1O. The van der Waals surface area contributed by atoms with Gasteiger partial charge in [0.05, 0.1) is 13.2 Å². The number of carbonyl (C=O) groups is 2. The van der Waals surface area contributed by atoms with Crippen molar-refractivity contribution < 1.29 is 49.0 Å². The van der Waals surface area contributed by atoms with Gasteiger partial charge >= 0.3 is 11.9 Å². The summed E-state index contributed by atoms with van der Waals surface area (Å²) in [5, 5.41) is 40.1. The van der Waals surface area contributed by atoms with Crippen molar-refractivity contribution in [1.29, 1.82) is 0 Å². The van der Waals surface area contributed by atoms with E-state index < -0.39 is 55.4 Å². The van der Waals surface area contributed by atoms with Crippen LogP contribution in [0.1, 0.15) is 174 Å². The maximum Gasteiger partial charge on any atom is 0.306 e. The number of esters is 2. The Morgan fingerprint density at radius 1 is 0.596 bits per heavy atom. The van der Waals surface area contributed by atoms with E-state index in [1.54, 1.807) is 0 Å². The molecule has 10 heteroatoms. The predicted molar refractivity (Wildman–Crippen MR) is 227 cm³/mol. The van der Waals surface area contributed by atoms with Crippen molar-refractivity contribution >= 4 is 11.9 Å². The Balaban J connectivity index is 2.38. The summed E-state index contributed by atoms with van der Waals surface area (Å²) in [5.41, 5.74) is 3.29. The molecule has 1 aliphatic heterocycles. The highest BCUT2D eigenvalue weighted by Crippen LogP contribution is 2.22. The average molecular weight is 805 g/mol. The molecule has 0 aromatic heterocycles.